The quantitative estimate of drug-likeness (QED) is 0.356. The van der Waals surface area contributed by atoms with E-state index in [0.29, 0.717) is 22.5 Å². The van der Waals surface area contributed by atoms with Gasteiger partial charge in [0.1, 0.15) is 0 Å². The van der Waals surface area contributed by atoms with E-state index in [-0.39, 0.29) is 11.5 Å². The predicted octanol–water partition coefficient (Wildman–Crippen LogP) is 7.58. The third-order valence-corrected chi connectivity index (χ3v) is 16.0. The maximum Gasteiger partial charge on any atom is 0.192 e. The van der Waals surface area contributed by atoms with Gasteiger partial charge in [-0.2, -0.15) is 0 Å². The molecule has 0 spiro atoms. The number of rotatable bonds is 4. The van der Waals surface area contributed by atoms with E-state index in [1.165, 1.54) is 57.8 Å². The fraction of sp³-hybridized carbons (Fsp3) is 0.929. The van der Waals surface area contributed by atoms with Crippen LogP contribution in [-0.2, 0) is 4.43 Å². The molecule has 0 aromatic carbocycles. The van der Waals surface area contributed by atoms with Crippen LogP contribution in [0.5, 0.6) is 0 Å². The Labute approximate surface area is 193 Å². The highest BCUT2D eigenvalue weighted by atomic mass is 28.4. The van der Waals surface area contributed by atoms with Gasteiger partial charge in [0.2, 0.25) is 0 Å². The first-order valence-corrected chi connectivity index (χ1v) is 16.3. The van der Waals surface area contributed by atoms with Crippen molar-refractivity contribution in [1.29, 1.82) is 0 Å². The molecule has 4 aliphatic carbocycles. The second-order valence-electron chi connectivity index (χ2n) is 13.7. The molecule has 0 amide bonds. The Morgan fingerprint density at radius 3 is 2.35 bits per heavy atom. The summed E-state index contributed by atoms with van der Waals surface area (Å²) in [5, 5.41) is 10.8. The second-order valence-corrected chi connectivity index (χ2v) is 18.5. The summed E-state index contributed by atoms with van der Waals surface area (Å²) in [4.78, 5) is 0. The molecule has 2 nitrogen and oxygen atoms in total. The summed E-state index contributed by atoms with van der Waals surface area (Å²) in [5.74, 6) is 3.72. The Morgan fingerprint density at radius 1 is 1.03 bits per heavy atom. The smallest absolute Gasteiger partial charge is 0.192 e. The summed E-state index contributed by atoms with van der Waals surface area (Å²) in [6.45, 7) is 20.9. The molecule has 31 heavy (non-hydrogen) atoms. The summed E-state index contributed by atoms with van der Waals surface area (Å²) in [6, 6.07) is 0. The molecule has 0 saturated heterocycles. The van der Waals surface area contributed by atoms with Gasteiger partial charge in [0.05, 0.1) is 6.10 Å². The van der Waals surface area contributed by atoms with Crippen molar-refractivity contribution in [2.75, 3.05) is 0 Å². The lowest BCUT2D eigenvalue weighted by Crippen LogP contribution is -2.55. The maximum atomic E-state index is 10.5. The van der Waals surface area contributed by atoms with Crippen LogP contribution in [0.4, 0.5) is 0 Å². The normalized spacial score (nSPS) is 46.6. The van der Waals surface area contributed by atoms with Gasteiger partial charge >= 0.3 is 0 Å². The standard InChI is InChI=1S/C28H50O2Si/c1-9-28-17-15-24-22(25(28)13-12-23(28)19(2)29)11-10-20-18-21(14-16-27(20,24)6)30-31(7,8)26(3,4)5/h9,19-25,29H,1,10-18H2,2-8H3/t19?,20-,21?,22-,23-,24+,25+,27+,28-/m1/s1. The van der Waals surface area contributed by atoms with E-state index in [4.69, 9.17) is 4.43 Å². The molecular weight excluding hydrogens is 396 g/mol. The van der Waals surface area contributed by atoms with Crippen LogP contribution in [0.25, 0.3) is 0 Å². The van der Waals surface area contributed by atoms with Crippen LogP contribution in [0.15, 0.2) is 12.7 Å². The highest BCUT2D eigenvalue weighted by Gasteiger charge is 2.61. The zero-order valence-corrected chi connectivity index (χ0v) is 22.5. The van der Waals surface area contributed by atoms with E-state index in [1.54, 1.807) is 0 Å². The number of aliphatic hydroxyl groups is 1. The van der Waals surface area contributed by atoms with E-state index >= 15 is 0 Å². The molecule has 9 atom stereocenters. The number of hydrogen-bond donors (Lipinski definition) is 1. The first-order valence-electron chi connectivity index (χ1n) is 13.4. The summed E-state index contributed by atoms with van der Waals surface area (Å²) in [5.41, 5.74) is 0.688. The zero-order chi connectivity index (χ0) is 22.8. The Hall–Kier alpha value is -0.123. The molecule has 4 aliphatic rings. The van der Waals surface area contributed by atoms with Crippen molar-refractivity contribution in [2.24, 2.45) is 40.4 Å². The molecule has 0 aliphatic heterocycles. The Balaban J connectivity index is 1.50. The minimum absolute atomic E-state index is 0.196. The van der Waals surface area contributed by atoms with Gasteiger partial charge < -0.3 is 9.53 Å². The van der Waals surface area contributed by atoms with Crippen LogP contribution in [-0.4, -0.2) is 25.6 Å². The summed E-state index contributed by atoms with van der Waals surface area (Å²) >= 11 is 0. The SMILES string of the molecule is C=C[C@]12CC[C@H]3[C@@H](CC[C@@H]4CC(O[Si](C)(C)C(C)(C)C)CC[C@@]43C)[C@@H]1CC[C@@H]2C(C)O. The van der Waals surface area contributed by atoms with Crippen LogP contribution in [0.3, 0.4) is 0 Å². The zero-order valence-electron chi connectivity index (χ0n) is 21.5. The Kier molecular flexibility index (Phi) is 6.18. The third-order valence-electron chi connectivity index (χ3n) is 11.5. The summed E-state index contributed by atoms with van der Waals surface area (Å²) < 4.78 is 6.91. The molecule has 4 rings (SSSR count). The van der Waals surface area contributed by atoms with Crippen LogP contribution in [0, 0.1) is 40.4 Å². The lowest BCUT2D eigenvalue weighted by Gasteiger charge is -2.61. The lowest BCUT2D eigenvalue weighted by atomic mass is 9.44. The van der Waals surface area contributed by atoms with Gasteiger partial charge in [-0.05, 0) is 123 Å². The van der Waals surface area contributed by atoms with Crippen LogP contribution in [0.1, 0.15) is 92.4 Å². The Morgan fingerprint density at radius 2 is 1.74 bits per heavy atom. The van der Waals surface area contributed by atoms with Crippen molar-refractivity contribution in [3.63, 3.8) is 0 Å². The van der Waals surface area contributed by atoms with Gasteiger partial charge in [-0.15, -0.1) is 6.58 Å². The predicted molar refractivity (Wildman–Crippen MR) is 133 cm³/mol. The van der Waals surface area contributed by atoms with Gasteiger partial charge in [-0.25, -0.2) is 0 Å². The van der Waals surface area contributed by atoms with Crippen molar-refractivity contribution < 1.29 is 9.53 Å². The fourth-order valence-electron chi connectivity index (χ4n) is 8.78. The molecule has 0 heterocycles. The Bertz CT molecular complexity index is 679. The fourth-order valence-corrected chi connectivity index (χ4v) is 10.2. The molecule has 2 unspecified atom stereocenters. The van der Waals surface area contributed by atoms with Gasteiger partial charge in [0, 0.05) is 6.10 Å². The summed E-state index contributed by atoms with van der Waals surface area (Å²) in [7, 11) is -1.69. The van der Waals surface area contributed by atoms with E-state index in [2.05, 4.69) is 53.4 Å². The average Bonchev–Trinajstić information content (AvgIpc) is 3.07. The molecule has 0 aromatic rings. The largest absolute Gasteiger partial charge is 0.414 e. The topological polar surface area (TPSA) is 29.5 Å². The van der Waals surface area contributed by atoms with E-state index in [9.17, 15) is 5.11 Å². The molecule has 0 aromatic heterocycles. The molecule has 3 heteroatoms. The molecule has 4 saturated carbocycles. The molecule has 1 N–H and O–H groups in total. The van der Waals surface area contributed by atoms with Crippen LogP contribution in [0.2, 0.25) is 18.1 Å². The van der Waals surface area contributed by atoms with Crippen LogP contribution < -0.4 is 0 Å². The van der Waals surface area contributed by atoms with E-state index < -0.39 is 8.32 Å². The highest BCUT2D eigenvalue weighted by molar-refractivity contribution is 6.74. The van der Waals surface area contributed by atoms with Crippen molar-refractivity contribution in [2.45, 2.75) is 123 Å². The lowest BCUT2D eigenvalue weighted by molar-refractivity contribution is -0.123. The van der Waals surface area contributed by atoms with Gasteiger partial charge in [-0.1, -0.05) is 33.8 Å². The number of aliphatic hydroxyl groups excluding tert-OH is 1. The first kappa shape index (κ1) is 24.0. The van der Waals surface area contributed by atoms with Gasteiger partial charge in [0.15, 0.2) is 8.32 Å². The average molecular weight is 447 g/mol. The van der Waals surface area contributed by atoms with Crippen molar-refractivity contribution >= 4 is 8.32 Å². The van der Waals surface area contributed by atoms with E-state index in [1.807, 2.05) is 6.92 Å². The summed E-state index contributed by atoms with van der Waals surface area (Å²) in [6.07, 6.45) is 14.4. The van der Waals surface area contributed by atoms with Crippen molar-refractivity contribution in [3.05, 3.63) is 12.7 Å². The second kappa shape index (κ2) is 7.98. The maximum absolute atomic E-state index is 10.5. The van der Waals surface area contributed by atoms with Gasteiger partial charge in [0.25, 0.3) is 0 Å². The van der Waals surface area contributed by atoms with Gasteiger partial charge in [-0.3, -0.25) is 0 Å². The minimum atomic E-state index is -1.69. The number of allylic oxidation sites excluding steroid dienone is 1. The first-order chi connectivity index (χ1) is 14.4. The third kappa shape index (κ3) is 3.73. The molecule has 0 bridgehead atoms. The number of fused-ring (bicyclic) bond motifs is 5. The van der Waals surface area contributed by atoms with Crippen LogP contribution >= 0.6 is 0 Å². The minimum Gasteiger partial charge on any atom is -0.414 e. The number of hydrogen-bond acceptors (Lipinski definition) is 2. The molecular formula is C28H50O2Si. The highest BCUT2D eigenvalue weighted by Crippen LogP contribution is 2.68. The molecule has 0 radical (unpaired) electrons. The van der Waals surface area contributed by atoms with Crippen molar-refractivity contribution in [1.82, 2.24) is 0 Å². The van der Waals surface area contributed by atoms with E-state index in [0.717, 1.165) is 23.7 Å². The van der Waals surface area contributed by atoms with Crippen molar-refractivity contribution in [3.8, 4) is 0 Å². The molecule has 4 fully saturated rings. The monoisotopic (exact) mass is 446 g/mol. The molecule has 178 valence electrons.